The molecular formula is C24H21BO2Si. The molecule has 0 spiro atoms. The zero-order chi connectivity index (χ0) is 35.1. The van der Waals surface area contributed by atoms with Gasteiger partial charge >= 0.3 is 7.12 Å². The summed E-state index contributed by atoms with van der Waals surface area (Å²) in [5.74, 6) is 0. The lowest BCUT2D eigenvalue weighted by molar-refractivity contribution is 0.426. The van der Waals surface area contributed by atoms with Crippen LogP contribution in [-0.4, -0.2) is 25.2 Å². The van der Waals surface area contributed by atoms with Gasteiger partial charge in [0.2, 0.25) is 0 Å². The van der Waals surface area contributed by atoms with Gasteiger partial charge in [-0.25, -0.2) is 0 Å². The minimum absolute atomic E-state index is 0.729. The molecule has 0 aromatic heterocycles. The maximum absolute atomic E-state index is 10.2. The summed E-state index contributed by atoms with van der Waals surface area (Å²) in [7, 11) is -8.39. The van der Waals surface area contributed by atoms with Crippen LogP contribution in [0, 0.1) is 0 Å². The minimum atomic E-state index is -5.71. The van der Waals surface area contributed by atoms with Gasteiger partial charge in [-0.15, -0.1) is 0 Å². The smallest absolute Gasteiger partial charge is 0.423 e. The van der Waals surface area contributed by atoms with Gasteiger partial charge in [0.15, 0.2) is 8.07 Å². The highest BCUT2D eigenvalue weighted by Crippen LogP contribution is 2.09. The summed E-state index contributed by atoms with van der Waals surface area (Å²) in [5.41, 5.74) is -1.02. The Hall–Kier alpha value is -2.92. The fourth-order valence-electron chi connectivity index (χ4n) is 2.81. The zero-order valence-electron chi connectivity index (χ0n) is 32.0. The van der Waals surface area contributed by atoms with Crippen molar-refractivity contribution in [1.82, 2.24) is 0 Å². The van der Waals surface area contributed by atoms with E-state index in [1.165, 1.54) is 0 Å². The van der Waals surface area contributed by atoms with Gasteiger partial charge in [0.05, 0.1) is 24.7 Å². The van der Waals surface area contributed by atoms with Crippen LogP contribution >= 0.6 is 0 Å². The molecule has 0 radical (unpaired) electrons. The fraction of sp³-hybridized carbons (Fsp3) is 0. The predicted molar refractivity (Wildman–Crippen MR) is 120 cm³/mol. The Morgan fingerprint density at radius 2 is 1.07 bits per heavy atom. The van der Waals surface area contributed by atoms with Crippen LogP contribution in [0.1, 0.15) is 24.7 Å². The molecule has 0 fully saturated rings. The summed E-state index contributed by atoms with van der Waals surface area (Å²) in [4.78, 5) is 0. The third kappa shape index (κ3) is 3.22. The number of benzene rings is 4. The summed E-state index contributed by atoms with van der Waals surface area (Å²) < 4.78 is 154. The van der Waals surface area contributed by atoms with Gasteiger partial charge in [0.25, 0.3) is 0 Å². The Labute approximate surface area is 192 Å². The number of hydrogen-bond acceptors (Lipinski definition) is 2. The molecule has 0 saturated heterocycles. The van der Waals surface area contributed by atoms with E-state index in [-0.39, 0.29) is 0 Å². The highest BCUT2D eigenvalue weighted by molar-refractivity contribution is 7.20. The van der Waals surface area contributed by atoms with Crippen LogP contribution in [0.25, 0.3) is 0 Å². The number of rotatable bonds is 5. The quantitative estimate of drug-likeness (QED) is 0.385. The monoisotopic (exact) mass is 398 g/mol. The normalized spacial score (nSPS) is 20.2. The Morgan fingerprint density at radius 1 is 0.571 bits per heavy atom. The van der Waals surface area contributed by atoms with Crippen molar-refractivity contribution in [2.24, 2.45) is 0 Å². The van der Waals surface area contributed by atoms with Crippen molar-refractivity contribution in [3.63, 3.8) is 0 Å². The van der Waals surface area contributed by atoms with E-state index in [1.807, 2.05) is 0 Å². The molecule has 28 heavy (non-hydrogen) atoms. The van der Waals surface area contributed by atoms with Gasteiger partial charge in [0.1, 0.15) is 0 Å². The Bertz CT molecular complexity index is 1860. The van der Waals surface area contributed by atoms with Gasteiger partial charge in [-0.05, 0) is 26.2 Å². The lowest BCUT2D eigenvalue weighted by Crippen LogP contribution is -2.75. The maximum atomic E-state index is 10.2. The molecule has 0 aliphatic carbocycles. The SMILES string of the molecule is [2H]c1cc([Si](c2c([2H])c([2H])c([2H])c([2H])c2[2H])(c2c([2H])c([2H])c([2H])c([2H])c2[2H])c2c([2H])c([2H])c([2H])c(B(O)O)c2[2H])c([2H])c([2H])c1[2H]. The molecule has 0 aliphatic heterocycles. The van der Waals surface area contributed by atoms with Crippen molar-refractivity contribution in [3.05, 3.63) is 115 Å². The first-order valence-electron chi connectivity index (χ1n) is 16.9. The van der Waals surface area contributed by atoms with Gasteiger partial charge in [0, 0.05) is 0 Å². The summed E-state index contributed by atoms with van der Waals surface area (Å²) >= 11 is 0. The van der Waals surface area contributed by atoms with E-state index in [0.717, 1.165) is 6.07 Å². The summed E-state index contributed by atoms with van der Waals surface area (Å²) in [6.07, 6.45) is 0. The Balaban J connectivity index is 2.67. The summed E-state index contributed by atoms with van der Waals surface area (Å²) in [5, 5.41) is 16.9. The molecule has 0 unspecified atom stereocenters. The van der Waals surface area contributed by atoms with E-state index in [4.69, 9.17) is 24.7 Å². The molecule has 4 heteroatoms. The van der Waals surface area contributed by atoms with Crippen LogP contribution in [0.2, 0.25) is 0 Å². The molecule has 0 amide bonds. The van der Waals surface area contributed by atoms with Crippen LogP contribution in [0.4, 0.5) is 0 Å². The minimum Gasteiger partial charge on any atom is -0.423 e. The van der Waals surface area contributed by atoms with Crippen LogP contribution in [0.5, 0.6) is 0 Å². The molecule has 0 heterocycles. The average Bonchev–Trinajstić information content (AvgIpc) is 3.00. The zero-order valence-corrected chi connectivity index (χ0v) is 15.0. The predicted octanol–water partition coefficient (Wildman–Crippen LogP) is 0.744. The first kappa shape index (κ1) is 6.85. The van der Waals surface area contributed by atoms with E-state index < -0.39 is 150 Å². The molecule has 4 aromatic rings. The lowest BCUT2D eigenvalue weighted by atomic mass is 9.80. The Morgan fingerprint density at radius 3 is 1.64 bits per heavy atom. The standard InChI is InChI=1S/C24H21BO2Si/c26-25(27)20-11-10-18-24(19-20)28(21-12-4-1-5-13-21,22-14-6-2-7-15-22)23-16-8-3-9-17-23/h1-19,26-27H/i1D,2D,3D,4D,5D,6D,7D,8D,9D,10D,11D,12D,13D,14D,15D,16D,18D,19D. The first-order valence-corrected chi connectivity index (χ1v) is 9.88. The van der Waals surface area contributed by atoms with Crippen LogP contribution in [-0.2, 0) is 0 Å². The molecule has 136 valence electrons. The van der Waals surface area contributed by atoms with E-state index >= 15 is 0 Å². The van der Waals surface area contributed by atoms with Crippen molar-refractivity contribution in [1.29, 1.82) is 0 Å². The van der Waals surface area contributed by atoms with Crippen molar-refractivity contribution in [2.45, 2.75) is 0 Å². The van der Waals surface area contributed by atoms with Gasteiger partial charge in [-0.1, -0.05) is 115 Å². The average molecular weight is 398 g/mol. The first-order chi connectivity index (χ1) is 21.2. The third-order valence-corrected chi connectivity index (χ3v) is 8.06. The second kappa shape index (κ2) is 7.99. The van der Waals surface area contributed by atoms with Gasteiger partial charge in [-0.2, -0.15) is 0 Å². The van der Waals surface area contributed by atoms with E-state index in [9.17, 15) is 10.0 Å². The molecule has 0 bridgehead atoms. The molecule has 0 saturated carbocycles. The van der Waals surface area contributed by atoms with Gasteiger partial charge in [-0.3, -0.25) is 0 Å². The number of hydrogen-bond donors (Lipinski definition) is 2. The van der Waals surface area contributed by atoms with E-state index in [2.05, 4.69) is 0 Å². The van der Waals surface area contributed by atoms with Crippen molar-refractivity contribution in [2.75, 3.05) is 0 Å². The second-order valence-corrected chi connectivity index (χ2v) is 9.03. The lowest BCUT2D eigenvalue weighted by Gasteiger charge is -2.34. The summed E-state index contributed by atoms with van der Waals surface area (Å²) in [6.45, 7) is 0. The van der Waals surface area contributed by atoms with Crippen LogP contribution in [0.3, 0.4) is 0 Å². The molecule has 0 atom stereocenters. The van der Waals surface area contributed by atoms with E-state index in [0.29, 0.717) is 0 Å². The van der Waals surface area contributed by atoms with Crippen LogP contribution in [0.15, 0.2) is 115 Å². The Kier molecular flexibility index (Phi) is 1.95. The molecule has 4 rings (SSSR count). The van der Waals surface area contributed by atoms with E-state index in [1.54, 1.807) is 0 Å². The van der Waals surface area contributed by atoms with Crippen molar-refractivity contribution >= 4 is 41.4 Å². The molecule has 4 aromatic carbocycles. The third-order valence-electron chi connectivity index (χ3n) is 3.98. The largest absolute Gasteiger partial charge is 0.488 e. The maximum Gasteiger partial charge on any atom is 0.488 e. The fourth-order valence-corrected chi connectivity index (χ4v) is 6.48. The second-order valence-electron chi connectivity index (χ2n) is 5.49. The van der Waals surface area contributed by atoms with Gasteiger partial charge < -0.3 is 10.0 Å². The van der Waals surface area contributed by atoms with Crippen LogP contribution < -0.4 is 26.2 Å². The molecule has 2 N–H and O–H groups in total. The van der Waals surface area contributed by atoms with Crippen molar-refractivity contribution in [3.8, 4) is 0 Å². The topological polar surface area (TPSA) is 40.5 Å². The van der Waals surface area contributed by atoms with Crippen molar-refractivity contribution < 1.29 is 34.7 Å². The summed E-state index contributed by atoms with van der Waals surface area (Å²) in [6, 6.07) is -17.5. The molecule has 0 aliphatic rings. The highest BCUT2D eigenvalue weighted by Gasteiger charge is 2.41. The molecule has 2 nitrogen and oxygen atoms in total. The highest BCUT2D eigenvalue weighted by atomic mass is 28.3. The molecular weight excluding hydrogens is 359 g/mol.